The number of likely N-dealkylation sites (N-methyl/N-ethyl adjacent to an activating group) is 1. The lowest BCUT2D eigenvalue weighted by Crippen LogP contribution is -2.33. The number of hydrogen-bond acceptors (Lipinski definition) is 4. The summed E-state index contributed by atoms with van der Waals surface area (Å²) in [4.78, 5) is 33.1. The molecule has 0 saturated carbocycles. The van der Waals surface area contributed by atoms with Gasteiger partial charge < -0.3 is 4.90 Å². The largest absolute Gasteiger partial charge is 0.340 e. The molecule has 0 saturated heterocycles. The van der Waals surface area contributed by atoms with E-state index in [4.69, 9.17) is 0 Å². The smallest absolute Gasteiger partial charge is 0.262 e. The van der Waals surface area contributed by atoms with Crippen LogP contribution < -0.4 is 5.56 Å². The molecule has 0 radical (unpaired) electrons. The van der Waals surface area contributed by atoms with E-state index in [1.807, 2.05) is 26.0 Å². The van der Waals surface area contributed by atoms with Gasteiger partial charge in [0.15, 0.2) is 0 Å². The van der Waals surface area contributed by atoms with Crippen LogP contribution >= 0.6 is 11.3 Å². The molecule has 0 atom stereocenters. The third-order valence-corrected chi connectivity index (χ3v) is 5.85. The van der Waals surface area contributed by atoms with Crippen molar-refractivity contribution in [3.05, 3.63) is 62.5 Å². The van der Waals surface area contributed by atoms with Gasteiger partial charge in [0.25, 0.3) is 5.56 Å². The molecule has 5 nitrogen and oxygen atoms in total. The fourth-order valence-electron chi connectivity index (χ4n) is 2.89. The molecule has 1 amide bonds. The predicted octanol–water partition coefficient (Wildman–Crippen LogP) is 3.30. The summed E-state index contributed by atoms with van der Waals surface area (Å²) in [6, 6.07) is 8.25. The van der Waals surface area contributed by atoms with Gasteiger partial charge in [-0.25, -0.2) is 4.98 Å². The first-order chi connectivity index (χ1) is 12.4. The highest BCUT2D eigenvalue weighted by molar-refractivity contribution is 7.18. The fraction of sp³-hybridized carbons (Fsp3) is 0.350. The number of aryl methyl sites for hydroxylation is 3. The first-order valence-electron chi connectivity index (χ1n) is 8.67. The van der Waals surface area contributed by atoms with E-state index in [0.717, 1.165) is 27.3 Å². The second kappa shape index (κ2) is 7.41. The number of nitrogens with zero attached hydrogens (tertiary/aromatic N) is 3. The first-order valence-corrected chi connectivity index (χ1v) is 9.49. The van der Waals surface area contributed by atoms with Crippen molar-refractivity contribution in [3.8, 4) is 0 Å². The van der Waals surface area contributed by atoms with E-state index < -0.39 is 0 Å². The summed E-state index contributed by atoms with van der Waals surface area (Å²) in [5.74, 6) is -0.113. The molecule has 6 heteroatoms. The number of fused-ring (bicyclic) bond motifs is 1. The molecular formula is C20H23N3O2S. The van der Waals surface area contributed by atoms with E-state index in [-0.39, 0.29) is 18.0 Å². The van der Waals surface area contributed by atoms with Crippen molar-refractivity contribution in [2.45, 2.75) is 40.3 Å². The van der Waals surface area contributed by atoms with E-state index in [1.54, 1.807) is 11.9 Å². The molecule has 136 valence electrons. The summed E-state index contributed by atoms with van der Waals surface area (Å²) in [7, 11) is 1.76. The third-order valence-electron chi connectivity index (χ3n) is 4.74. The van der Waals surface area contributed by atoms with Crippen molar-refractivity contribution < 1.29 is 4.79 Å². The molecule has 0 bridgehead atoms. The minimum absolute atomic E-state index is 0.000346. The first kappa shape index (κ1) is 18.3. The van der Waals surface area contributed by atoms with Crippen LogP contribution in [0.1, 0.15) is 28.5 Å². The van der Waals surface area contributed by atoms with E-state index >= 15 is 0 Å². The SMILES string of the molecule is CCc1ccc(CN(C)C(=O)Cn2cnc3sc(C)c(C)c3c2=O)cc1. The standard InChI is InChI=1S/C20H23N3O2S/c1-5-15-6-8-16(9-7-15)10-22(4)17(24)11-23-12-21-19-18(20(23)25)13(2)14(3)26-19/h6-9,12H,5,10-11H2,1-4H3. The number of amides is 1. The number of benzene rings is 1. The summed E-state index contributed by atoms with van der Waals surface area (Å²) in [5, 5.41) is 0.626. The average Bonchev–Trinajstić information content (AvgIpc) is 2.93. The maximum Gasteiger partial charge on any atom is 0.262 e. The average molecular weight is 369 g/mol. The second-order valence-corrected chi connectivity index (χ2v) is 7.76. The van der Waals surface area contributed by atoms with Crippen molar-refractivity contribution in [2.24, 2.45) is 0 Å². The molecule has 2 aromatic heterocycles. The van der Waals surface area contributed by atoms with Crippen LogP contribution in [-0.4, -0.2) is 27.4 Å². The molecule has 0 aliphatic rings. The van der Waals surface area contributed by atoms with Crippen LogP contribution in [0.3, 0.4) is 0 Å². The van der Waals surface area contributed by atoms with Crippen molar-refractivity contribution in [3.63, 3.8) is 0 Å². The Balaban J connectivity index is 1.76. The monoisotopic (exact) mass is 369 g/mol. The Bertz CT molecular complexity index is 1000. The van der Waals surface area contributed by atoms with Gasteiger partial charge in [-0.3, -0.25) is 14.2 Å². The number of carbonyl (C=O) groups excluding carboxylic acids is 1. The normalized spacial score (nSPS) is 11.1. The zero-order valence-electron chi connectivity index (χ0n) is 15.6. The zero-order valence-corrected chi connectivity index (χ0v) is 16.4. The Labute approximate surface area is 156 Å². The van der Waals surface area contributed by atoms with Gasteiger partial charge in [-0.15, -0.1) is 11.3 Å². The molecular weight excluding hydrogens is 346 g/mol. The lowest BCUT2D eigenvalue weighted by molar-refractivity contribution is -0.131. The molecule has 0 aliphatic carbocycles. The summed E-state index contributed by atoms with van der Waals surface area (Å²) in [6.07, 6.45) is 2.47. The van der Waals surface area contributed by atoms with Gasteiger partial charge >= 0.3 is 0 Å². The lowest BCUT2D eigenvalue weighted by Gasteiger charge is -2.18. The Hall–Kier alpha value is -2.47. The number of rotatable bonds is 5. The highest BCUT2D eigenvalue weighted by atomic mass is 32.1. The van der Waals surface area contributed by atoms with Crippen LogP contribution in [0, 0.1) is 13.8 Å². The number of aromatic nitrogens is 2. The van der Waals surface area contributed by atoms with Crippen LogP contribution in [0.2, 0.25) is 0 Å². The zero-order chi connectivity index (χ0) is 18.8. The Morgan fingerprint density at radius 3 is 2.50 bits per heavy atom. The van der Waals surface area contributed by atoms with E-state index in [0.29, 0.717) is 11.9 Å². The highest BCUT2D eigenvalue weighted by Gasteiger charge is 2.15. The molecule has 0 spiro atoms. The molecule has 0 fully saturated rings. The lowest BCUT2D eigenvalue weighted by atomic mass is 10.1. The summed E-state index contributed by atoms with van der Waals surface area (Å²) < 4.78 is 1.40. The minimum atomic E-state index is -0.147. The minimum Gasteiger partial charge on any atom is -0.340 e. The molecule has 26 heavy (non-hydrogen) atoms. The molecule has 0 N–H and O–H groups in total. The van der Waals surface area contributed by atoms with Crippen molar-refractivity contribution in [2.75, 3.05) is 7.05 Å². The van der Waals surface area contributed by atoms with Crippen LogP contribution in [-0.2, 0) is 24.3 Å². The van der Waals surface area contributed by atoms with Crippen molar-refractivity contribution in [1.82, 2.24) is 14.5 Å². The van der Waals surface area contributed by atoms with Gasteiger partial charge in [-0.2, -0.15) is 0 Å². The number of carbonyl (C=O) groups is 1. The van der Waals surface area contributed by atoms with Crippen LogP contribution in [0.4, 0.5) is 0 Å². The summed E-state index contributed by atoms with van der Waals surface area (Å²) in [6.45, 7) is 6.54. The Morgan fingerprint density at radius 1 is 1.19 bits per heavy atom. The van der Waals surface area contributed by atoms with Crippen molar-refractivity contribution >= 4 is 27.5 Å². The third kappa shape index (κ3) is 3.55. The van der Waals surface area contributed by atoms with Crippen LogP contribution in [0.15, 0.2) is 35.4 Å². The van der Waals surface area contributed by atoms with Gasteiger partial charge in [0.05, 0.1) is 11.7 Å². The Kier molecular flexibility index (Phi) is 5.23. The molecule has 3 rings (SSSR count). The Morgan fingerprint density at radius 2 is 1.85 bits per heavy atom. The molecule has 0 unspecified atom stereocenters. The molecule has 3 aromatic rings. The quantitative estimate of drug-likeness (QED) is 0.693. The molecule has 0 aliphatic heterocycles. The second-order valence-electron chi connectivity index (χ2n) is 6.56. The van der Waals surface area contributed by atoms with Gasteiger partial charge in [0.1, 0.15) is 11.4 Å². The van der Waals surface area contributed by atoms with Gasteiger partial charge in [0.2, 0.25) is 5.91 Å². The number of hydrogen-bond donors (Lipinski definition) is 0. The van der Waals surface area contributed by atoms with E-state index in [1.165, 1.54) is 27.8 Å². The summed E-state index contributed by atoms with van der Waals surface area (Å²) >= 11 is 1.51. The highest BCUT2D eigenvalue weighted by Crippen LogP contribution is 2.25. The fourth-order valence-corrected chi connectivity index (χ4v) is 3.88. The number of thiophene rings is 1. The van der Waals surface area contributed by atoms with E-state index in [2.05, 4.69) is 24.0 Å². The summed E-state index contributed by atoms with van der Waals surface area (Å²) in [5.41, 5.74) is 3.15. The van der Waals surface area contributed by atoms with Gasteiger partial charge in [-0.1, -0.05) is 31.2 Å². The maximum atomic E-state index is 12.7. The molecule has 1 aromatic carbocycles. The van der Waals surface area contributed by atoms with Crippen LogP contribution in [0.5, 0.6) is 0 Å². The van der Waals surface area contributed by atoms with Crippen LogP contribution in [0.25, 0.3) is 10.2 Å². The van der Waals surface area contributed by atoms with Gasteiger partial charge in [0, 0.05) is 18.5 Å². The van der Waals surface area contributed by atoms with Crippen molar-refractivity contribution in [1.29, 1.82) is 0 Å². The van der Waals surface area contributed by atoms with Gasteiger partial charge in [-0.05, 0) is 37.0 Å². The molecule has 2 heterocycles. The van der Waals surface area contributed by atoms with E-state index in [9.17, 15) is 9.59 Å². The topological polar surface area (TPSA) is 55.2 Å². The maximum absolute atomic E-state index is 12.7. The predicted molar refractivity (Wildman–Crippen MR) is 106 cm³/mol.